The molecule has 7 heteroatoms. The molecule has 0 bridgehead atoms. The fourth-order valence-electron chi connectivity index (χ4n) is 3.70. The molecule has 0 saturated carbocycles. The Morgan fingerprint density at radius 1 is 1.03 bits per heavy atom. The lowest BCUT2D eigenvalue weighted by Crippen LogP contribution is -2.52. The normalized spacial score (nSPS) is 14.6. The van der Waals surface area contributed by atoms with Gasteiger partial charge in [0.2, 0.25) is 11.8 Å². The number of anilines is 1. The molecule has 1 heterocycles. The van der Waals surface area contributed by atoms with Gasteiger partial charge in [0, 0.05) is 38.4 Å². The average molecular weight is 427 g/mol. The number of hydrogen-bond acceptors (Lipinski definition) is 4. The van der Waals surface area contributed by atoms with Gasteiger partial charge < -0.3 is 10.2 Å². The Balaban J connectivity index is 1.39. The first kappa shape index (κ1) is 22.9. The number of likely N-dealkylation sites (N-methyl/N-ethyl adjacent to an activating group) is 1. The van der Waals surface area contributed by atoms with E-state index in [1.807, 2.05) is 21.7 Å². The molecule has 31 heavy (non-hydrogen) atoms. The van der Waals surface area contributed by atoms with Gasteiger partial charge in [0.05, 0.1) is 13.1 Å². The lowest BCUT2D eigenvalue weighted by atomic mass is 10.1. The van der Waals surface area contributed by atoms with Crippen LogP contribution in [-0.4, -0.2) is 72.8 Å². The molecular weight excluding hydrogens is 395 g/mol. The molecule has 3 rings (SSSR count). The van der Waals surface area contributed by atoms with Crippen LogP contribution in [0.5, 0.6) is 0 Å². The van der Waals surface area contributed by atoms with E-state index >= 15 is 0 Å². The molecule has 2 amide bonds. The smallest absolute Gasteiger partial charge is 0.238 e. The Morgan fingerprint density at radius 2 is 1.71 bits per heavy atom. The quantitative estimate of drug-likeness (QED) is 0.705. The summed E-state index contributed by atoms with van der Waals surface area (Å²) in [6.07, 6.45) is 1.02. The molecule has 1 N–H and O–H groups in total. The Kier molecular flexibility index (Phi) is 8.14. The third kappa shape index (κ3) is 7.15. The van der Waals surface area contributed by atoms with Crippen molar-refractivity contribution in [2.45, 2.75) is 19.9 Å². The zero-order chi connectivity index (χ0) is 22.2. The van der Waals surface area contributed by atoms with E-state index in [-0.39, 0.29) is 24.2 Å². The zero-order valence-corrected chi connectivity index (χ0v) is 18.3. The topological polar surface area (TPSA) is 55.9 Å². The molecule has 0 aliphatic carbocycles. The predicted octanol–water partition coefficient (Wildman–Crippen LogP) is 2.60. The van der Waals surface area contributed by atoms with Crippen LogP contribution in [-0.2, 0) is 22.6 Å². The van der Waals surface area contributed by atoms with E-state index in [0.717, 1.165) is 13.0 Å². The zero-order valence-electron chi connectivity index (χ0n) is 18.3. The van der Waals surface area contributed by atoms with Gasteiger partial charge in [0.25, 0.3) is 0 Å². The maximum atomic E-state index is 13.2. The second-order valence-corrected chi connectivity index (χ2v) is 8.06. The minimum atomic E-state index is -0.382. The van der Waals surface area contributed by atoms with E-state index in [2.05, 4.69) is 36.5 Å². The number of benzene rings is 2. The number of nitrogens with one attached hydrogen (secondary N) is 1. The van der Waals surface area contributed by atoms with Gasteiger partial charge in [-0.05, 0) is 42.8 Å². The Morgan fingerprint density at radius 3 is 2.35 bits per heavy atom. The van der Waals surface area contributed by atoms with Crippen LogP contribution in [0.3, 0.4) is 0 Å². The van der Waals surface area contributed by atoms with Gasteiger partial charge in [0.1, 0.15) is 5.82 Å². The van der Waals surface area contributed by atoms with Crippen LogP contribution in [0.4, 0.5) is 10.1 Å². The fraction of sp³-hybridized carbons (Fsp3) is 0.417. The van der Waals surface area contributed by atoms with Gasteiger partial charge in [-0.15, -0.1) is 0 Å². The third-order valence-corrected chi connectivity index (χ3v) is 5.49. The van der Waals surface area contributed by atoms with E-state index in [1.54, 1.807) is 12.1 Å². The molecule has 1 saturated heterocycles. The molecule has 2 aromatic rings. The SMILES string of the molecule is CCc1ccc(CN(C)CC(=O)N2CCN(CC(=O)Nc3cccc(F)c3)CC2)cc1. The van der Waals surface area contributed by atoms with Crippen LogP contribution < -0.4 is 5.32 Å². The summed E-state index contributed by atoms with van der Waals surface area (Å²) in [6.45, 7) is 5.96. The van der Waals surface area contributed by atoms with Crippen molar-refractivity contribution in [2.24, 2.45) is 0 Å². The summed E-state index contributed by atoms with van der Waals surface area (Å²) in [5.41, 5.74) is 2.96. The van der Waals surface area contributed by atoms with Crippen LogP contribution in [0.1, 0.15) is 18.1 Å². The maximum Gasteiger partial charge on any atom is 0.238 e. The molecule has 1 fully saturated rings. The molecule has 166 valence electrons. The monoisotopic (exact) mass is 426 g/mol. The highest BCUT2D eigenvalue weighted by Crippen LogP contribution is 2.11. The summed E-state index contributed by atoms with van der Waals surface area (Å²) in [6, 6.07) is 14.4. The number of carbonyl (C=O) groups is 2. The summed E-state index contributed by atoms with van der Waals surface area (Å²) in [4.78, 5) is 30.8. The second kappa shape index (κ2) is 11.0. The number of rotatable bonds is 8. The minimum Gasteiger partial charge on any atom is -0.339 e. The highest BCUT2D eigenvalue weighted by Gasteiger charge is 2.23. The van der Waals surface area contributed by atoms with E-state index < -0.39 is 0 Å². The molecule has 0 radical (unpaired) electrons. The summed E-state index contributed by atoms with van der Waals surface area (Å²) in [5.74, 6) is -0.455. The molecule has 0 atom stereocenters. The Hall–Kier alpha value is -2.77. The van der Waals surface area contributed by atoms with Gasteiger partial charge in [-0.25, -0.2) is 4.39 Å². The van der Waals surface area contributed by atoms with E-state index in [9.17, 15) is 14.0 Å². The number of nitrogens with zero attached hydrogens (tertiary/aromatic N) is 3. The van der Waals surface area contributed by atoms with Crippen LogP contribution in [0.2, 0.25) is 0 Å². The van der Waals surface area contributed by atoms with Gasteiger partial charge >= 0.3 is 0 Å². The highest BCUT2D eigenvalue weighted by molar-refractivity contribution is 5.92. The summed E-state index contributed by atoms with van der Waals surface area (Å²) in [7, 11) is 1.96. The molecule has 1 aliphatic heterocycles. The molecule has 0 unspecified atom stereocenters. The summed E-state index contributed by atoms with van der Waals surface area (Å²) < 4.78 is 13.2. The van der Waals surface area contributed by atoms with Crippen molar-refractivity contribution < 1.29 is 14.0 Å². The molecule has 2 aromatic carbocycles. The molecule has 6 nitrogen and oxygen atoms in total. The molecule has 0 spiro atoms. The number of carbonyl (C=O) groups excluding carboxylic acids is 2. The summed E-state index contributed by atoms with van der Waals surface area (Å²) >= 11 is 0. The Bertz CT molecular complexity index is 879. The standard InChI is InChI=1S/C24H31FN4O2/c1-3-19-7-9-20(10-8-19)16-27(2)18-24(31)29-13-11-28(12-14-29)17-23(30)26-22-6-4-5-21(25)15-22/h4-10,15H,3,11-14,16-18H2,1-2H3,(H,26,30). The number of aryl methyl sites for hydroxylation is 1. The maximum absolute atomic E-state index is 13.2. The first-order valence-corrected chi connectivity index (χ1v) is 10.7. The second-order valence-electron chi connectivity index (χ2n) is 8.06. The number of piperazine rings is 1. The highest BCUT2D eigenvalue weighted by atomic mass is 19.1. The van der Waals surface area contributed by atoms with Crippen molar-refractivity contribution >= 4 is 17.5 Å². The number of amides is 2. The van der Waals surface area contributed by atoms with Crippen LogP contribution >= 0.6 is 0 Å². The largest absolute Gasteiger partial charge is 0.339 e. The van der Waals surface area contributed by atoms with Crippen molar-refractivity contribution in [3.63, 3.8) is 0 Å². The summed E-state index contributed by atoms with van der Waals surface area (Å²) in [5, 5.41) is 2.71. The van der Waals surface area contributed by atoms with Crippen molar-refractivity contribution in [1.29, 1.82) is 0 Å². The van der Waals surface area contributed by atoms with Crippen molar-refractivity contribution in [3.05, 3.63) is 65.5 Å². The van der Waals surface area contributed by atoms with Gasteiger partial charge in [0.15, 0.2) is 0 Å². The lowest BCUT2D eigenvalue weighted by molar-refractivity contribution is -0.134. The number of hydrogen-bond donors (Lipinski definition) is 1. The first-order chi connectivity index (χ1) is 14.9. The van der Waals surface area contributed by atoms with Crippen molar-refractivity contribution in [2.75, 3.05) is 51.6 Å². The molecule has 1 aliphatic rings. The predicted molar refractivity (Wildman–Crippen MR) is 120 cm³/mol. The minimum absolute atomic E-state index is 0.108. The van der Waals surface area contributed by atoms with E-state index in [1.165, 1.54) is 23.3 Å². The van der Waals surface area contributed by atoms with Crippen LogP contribution in [0, 0.1) is 5.82 Å². The third-order valence-electron chi connectivity index (χ3n) is 5.49. The lowest BCUT2D eigenvalue weighted by Gasteiger charge is -2.35. The van der Waals surface area contributed by atoms with Crippen molar-refractivity contribution in [1.82, 2.24) is 14.7 Å². The van der Waals surface area contributed by atoms with Gasteiger partial charge in [-0.3, -0.25) is 19.4 Å². The van der Waals surface area contributed by atoms with Crippen molar-refractivity contribution in [3.8, 4) is 0 Å². The Labute approximate surface area is 183 Å². The average Bonchev–Trinajstić information content (AvgIpc) is 2.74. The fourth-order valence-corrected chi connectivity index (χ4v) is 3.70. The van der Waals surface area contributed by atoms with E-state index in [4.69, 9.17) is 0 Å². The van der Waals surface area contributed by atoms with Crippen LogP contribution in [0.25, 0.3) is 0 Å². The van der Waals surface area contributed by atoms with Crippen LogP contribution in [0.15, 0.2) is 48.5 Å². The van der Waals surface area contributed by atoms with E-state index in [0.29, 0.717) is 38.4 Å². The first-order valence-electron chi connectivity index (χ1n) is 10.7. The molecule has 0 aromatic heterocycles. The molecular formula is C24H31FN4O2. The van der Waals surface area contributed by atoms with Gasteiger partial charge in [-0.1, -0.05) is 37.3 Å². The number of halogens is 1. The van der Waals surface area contributed by atoms with Gasteiger partial charge in [-0.2, -0.15) is 0 Å².